The number of nitrogens with one attached hydrogen (secondary N) is 2. The van der Waals surface area contributed by atoms with Gasteiger partial charge < -0.3 is 15.0 Å². The number of fused-ring (bicyclic) bond motifs is 1. The Balaban J connectivity index is 1.95. The van der Waals surface area contributed by atoms with E-state index in [2.05, 4.69) is 16.7 Å². The van der Waals surface area contributed by atoms with Crippen LogP contribution in [0.4, 0.5) is 4.79 Å². The lowest BCUT2D eigenvalue weighted by molar-refractivity contribution is 0.0271. The molecule has 1 saturated heterocycles. The lowest BCUT2D eigenvalue weighted by Crippen LogP contribution is -2.38. The van der Waals surface area contributed by atoms with Crippen LogP contribution in [0.3, 0.4) is 0 Å². The highest BCUT2D eigenvalue weighted by Gasteiger charge is 2.27. The maximum absolute atomic E-state index is 11.9. The van der Waals surface area contributed by atoms with E-state index in [4.69, 9.17) is 4.74 Å². The molecule has 0 aromatic carbocycles. The predicted octanol–water partition coefficient (Wildman–Crippen LogP) is 1.03. The van der Waals surface area contributed by atoms with E-state index in [-0.39, 0.29) is 6.09 Å². The molecule has 1 unspecified atom stereocenters. The van der Waals surface area contributed by atoms with E-state index in [1.807, 2.05) is 20.8 Å². The van der Waals surface area contributed by atoms with Crippen LogP contribution in [0.15, 0.2) is 11.8 Å². The molecule has 17 heavy (non-hydrogen) atoms. The number of rotatable bonds is 0. The van der Waals surface area contributed by atoms with Gasteiger partial charge >= 0.3 is 6.09 Å². The average molecular weight is 239 g/mol. The van der Waals surface area contributed by atoms with Crippen LogP contribution in [0.1, 0.15) is 27.2 Å². The summed E-state index contributed by atoms with van der Waals surface area (Å²) in [4.78, 5) is 13.7. The summed E-state index contributed by atoms with van der Waals surface area (Å²) in [5.41, 5.74) is 0.777. The molecule has 2 aliphatic rings. The Labute approximate surface area is 102 Å². The van der Waals surface area contributed by atoms with Crippen molar-refractivity contribution in [3.63, 3.8) is 0 Å². The van der Waals surface area contributed by atoms with Gasteiger partial charge in [0.05, 0.1) is 6.67 Å². The van der Waals surface area contributed by atoms with Gasteiger partial charge in [0.15, 0.2) is 0 Å². The number of hydrogen-bond acceptors (Lipinski definition) is 4. The molecule has 5 heteroatoms. The molecule has 0 aromatic rings. The molecular formula is C12H21N3O2. The Morgan fingerprint density at radius 1 is 1.53 bits per heavy atom. The molecule has 0 aromatic heterocycles. The summed E-state index contributed by atoms with van der Waals surface area (Å²) in [7, 11) is 0. The third-order valence-corrected chi connectivity index (χ3v) is 2.89. The second-order valence-corrected chi connectivity index (χ2v) is 5.48. The Kier molecular flexibility index (Phi) is 3.28. The Bertz CT molecular complexity index is 333. The molecule has 1 atom stereocenters. The van der Waals surface area contributed by atoms with E-state index in [9.17, 15) is 4.79 Å². The van der Waals surface area contributed by atoms with Crippen LogP contribution in [0, 0.1) is 0 Å². The van der Waals surface area contributed by atoms with Crippen molar-refractivity contribution in [3.05, 3.63) is 11.8 Å². The Hall–Kier alpha value is -1.23. The van der Waals surface area contributed by atoms with Crippen LogP contribution in [0.5, 0.6) is 0 Å². The van der Waals surface area contributed by atoms with E-state index in [0.29, 0.717) is 12.6 Å². The normalized spacial score (nSPS) is 24.5. The monoisotopic (exact) mass is 239 g/mol. The van der Waals surface area contributed by atoms with E-state index < -0.39 is 5.60 Å². The van der Waals surface area contributed by atoms with Gasteiger partial charge in [-0.15, -0.1) is 0 Å². The standard InChI is InChI=1S/C12H21N3O2/c1-12(2,3)17-11(16)15-6-4-9-10(5-7-15)14-8-13-9/h4,10,13-14H,5-8H2,1-3H3. The zero-order valence-electron chi connectivity index (χ0n) is 10.7. The Morgan fingerprint density at radius 3 is 3.00 bits per heavy atom. The quantitative estimate of drug-likeness (QED) is 0.663. The first-order chi connectivity index (χ1) is 7.96. The van der Waals surface area contributed by atoms with Crippen molar-refractivity contribution in [3.8, 4) is 0 Å². The maximum atomic E-state index is 11.9. The van der Waals surface area contributed by atoms with Crippen molar-refractivity contribution in [1.82, 2.24) is 15.5 Å². The van der Waals surface area contributed by atoms with E-state index >= 15 is 0 Å². The highest BCUT2D eigenvalue weighted by Crippen LogP contribution is 2.16. The molecule has 2 heterocycles. The third kappa shape index (κ3) is 3.12. The summed E-state index contributed by atoms with van der Waals surface area (Å²) < 4.78 is 5.37. The van der Waals surface area contributed by atoms with Gasteiger partial charge in [-0.1, -0.05) is 0 Å². The summed E-state index contributed by atoms with van der Waals surface area (Å²) in [5, 5.41) is 6.63. The van der Waals surface area contributed by atoms with Crippen molar-refractivity contribution in [2.75, 3.05) is 19.8 Å². The highest BCUT2D eigenvalue weighted by atomic mass is 16.6. The van der Waals surface area contributed by atoms with E-state index in [1.54, 1.807) is 4.90 Å². The number of nitrogens with zero attached hydrogens (tertiary/aromatic N) is 1. The lowest BCUT2D eigenvalue weighted by atomic mass is 10.2. The first kappa shape index (κ1) is 12.2. The fraction of sp³-hybridized carbons (Fsp3) is 0.750. The van der Waals surface area contributed by atoms with Crippen LogP contribution in [-0.4, -0.2) is 42.4 Å². The van der Waals surface area contributed by atoms with E-state index in [1.165, 1.54) is 5.70 Å². The van der Waals surface area contributed by atoms with Crippen LogP contribution in [0.25, 0.3) is 0 Å². The minimum absolute atomic E-state index is 0.227. The second kappa shape index (κ2) is 4.56. The van der Waals surface area contributed by atoms with Gasteiger partial charge in [-0.25, -0.2) is 4.79 Å². The van der Waals surface area contributed by atoms with Gasteiger partial charge in [0, 0.05) is 24.8 Å². The number of hydrogen-bond donors (Lipinski definition) is 2. The maximum Gasteiger partial charge on any atom is 0.410 e. The molecule has 96 valence electrons. The van der Waals surface area contributed by atoms with Gasteiger partial charge in [0.25, 0.3) is 0 Å². The van der Waals surface area contributed by atoms with Crippen molar-refractivity contribution in [1.29, 1.82) is 0 Å². The first-order valence-electron chi connectivity index (χ1n) is 6.11. The molecule has 2 aliphatic heterocycles. The highest BCUT2D eigenvalue weighted by molar-refractivity contribution is 5.68. The molecule has 0 radical (unpaired) electrons. The van der Waals surface area contributed by atoms with Crippen LogP contribution in [0.2, 0.25) is 0 Å². The summed E-state index contributed by atoms with van der Waals surface area (Å²) in [6.07, 6.45) is 2.77. The van der Waals surface area contributed by atoms with Gasteiger partial charge in [-0.05, 0) is 33.3 Å². The zero-order valence-corrected chi connectivity index (χ0v) is 10.7. The molecule has 2 N–H and O–H groups in total. The molecule has 1 fully saturated rings. The minimum atomic E-state index is -0.428. The number of carbonyl (C=O) groups excluding carboxylic acids is 1. The van der Waals surface area contributed by atoms with Crippen molar-refractivity contribution < 1.29 is 9.53 Å². The smallest absolute Gasteiger partial charge is 0.410 e. The SMILES string of the molecule is CC(C)(C)OC(=O)N1CC=C2NCNC2CC1. The molecular weight excluding hydrogens is 218 g/mol. The van der Waals surface area contributed by atoms with Gasteiger partial charge in [-0.2, -0.15) is 0 Å². The number of carbonyl (C=O) groups is 1. The van der Waals surface area contributed by atoms with Crippen molar-refractivity contribution >= 4 is 6.09 Å². The predicted molar refractivity (Wildman–Crippen MR) is 65.4 cm³/mol. The summed E-state index contributed by atoms with van der Waals surface area (Å²) >= 11 is 0. The zero-order chi connectivity index (χ0) is 12.5. The fourth-order valence-electron chi connectivity index (χ4n) is 2.06. The fourth-order valence-corrected chi connectivity index (χ4v) is 2.06. The molecule has 0 spiro atoms. The van der Waals surface area contributed by atoms with Crippen LogP contribution in [-0.2, 0) is 4.74 Å². The Morgan fingerprint density at radius 2 is 2.29 bits per heavy atom. The third-order valence-electron chi connectivity index (χ3n) is 2.89. The summed E-state index contributed by atoms with van der Waals surface area (Å²) in [6, 6.07) is 0.363. The molecule has 0 bridgehead atoms. The largest absolute Gasteiger partial charge is 0.444 e. The second-order valence-electron chi connectivity index (χ2n) is 5.48. The van der Waals surface area contributed by atoms with Gasteiger partial charge in [0.1, 0.15) is 5.60 Å². The molecule has 0 saturated carbocycles. The molecule has 1 amide bonds. The van der Waals surface area contributed by atoms with Crippen molar-refractivity contribution in [2.45, 2.75) is 38.8 Å². The molecule has 2 rings (SSSR count). The topological polar surface area (TPSA) is 53.6 Å². The minimum Gasteiger partial charge on any atom is -0.444 e. The lowest BCUT2D eigenvalue weighted by Gasteiger charge is -2.26. The summed E-state index contributed by atoms with van der Waals surface area (Å²) in [6.45, 7) is 7.84. The van der Waals surface area contributed by atoms with Crippen LogP contribution >= 0.6 is 0 Å². The average Bonchev–Trinajstić information content (AvgIpc) is 2.54. The summed E-state index contributed by atoms with van der Waals surface area (Å²) in [5.74, 6) is 0. The first-order valence-corrected chi connectivity index (χ1v) is 6.11. The van der Waals surface area contributed by atoms with Gasteiger partial charge in [0.2, 0.25) is 0 Å². The number of ether oxygens (including phenoxy) is 1. The molecule has 0 aliphatic carbocycles. The van der Waals surface area contributed by atoms with Crippen molar-refractivity contribution in [2.24, 2.45) is 0 Å². The number of amides is 1. The molecule has 5 nitrogen and oxygen atoms in total. The van der Waals surface area contributed by atoms with Crippen LogP contribution < -0.4 is 10.6 Å². The van der Waals surface area contributed by atoms with E-state index in [0.717, 1.165) is 19.6 Å². The van der Waals surface area contributed by atoms with Gasteiger partial charge in [-0.3, -0.25) is 5.32 Å².